The molecule has 0 bridgehead atoms. The van der Waals surface area contributed by atoms with E-state index < -0.39 is 0 Å². The Kier molecular flexibility index (Phi) is 3.21. The molecule has 1 aromatic carbocycles. The van der Waals surface area contributed by atoms with Crippen LogP contribution >= 0.6 is 0 Å². The van der Waals surface area contributed by atoms with Crippen LogP contribution in [-0.4, -0.2) is 29.9 Å². The molecule has 1 amide bonds. The highest BCUT2D eigenvalue weighted by Crippen LogP contribution is 2.27. The topological polar surface area (TPSA) is 32.3 Å². The first-order valence-electron chi connectivity index (χ1n) is 7.33. The predicted octanol–water partition coefficient (Wildman–Crippen LogP) is 2.92. The SMILES string of the molecule is CC1CCN(C(=O)c2ccc3c(c2)CCN3)C(C)C1. The van der Waals surface area contributed by atoms with Crippen molar-refractivity contribution in [3.63, 3.8) is 0 Å². The van der Waals surface area contributed by atoms with E-state index >= 15 is 0 Å². The first kappa shape index (κ1) is 12.5. The van der Waals surface area contributed by atoms with Gasteiger partial charge in [0.2, 0.25) is 0 Å². The lowest BCUT2D eigenvalue weighted by atomic mass is 9.92. The number of carbonyl (C=O) groups is 1. The van der Waals surface area contributed by atoms with Gasteiger partial charge in [0.1, 0.15) is 0 Å². The first-order valence-corrected chi connectivity index (χ1v) is 7.33. The molecule has 1 N–H and O–H groups in total. The fraction of sp³-hybridized carbons (Fsp3) is 0.562. The minimum Gasteiger partial charge on any atom is -0.384 e. The normalized spacial score (nSPS) is 25.9. The number of piperidine rings is 1. The largest absolute Gasteiger partial charge is 0.384 e. The van der Waals surface area contributed by atoms with E-state index in [1.54, 1.807) is 0 Å². The second kappa shape index (κ2) is 4.87. The Balaban J connectivity index is 1.80. The van der Waals surface area contributed by atoms with Gasteiger partial charge in [0, 0.05) is 30.4 Å². The van der Waals surface area contributed by atoms with Gasteiger partial charge in [-0.3, -0.25) is 4.79 Å². The molecule has 1 fully saturated rings. The van der Waals surface area contributed by atoms with E-state index in [2.05, 4.69) is 25.2 Å². The van der Waals surface area contributed by atoms with Gasteiger partial charge in [-0.25, -0.2) is 0 Å². The predicted molar refractivity (Wildman–Crippen MR) is 77.5 cm³/mol. The molecule has 0 spiro atoms. The Morgan fingerprint density at radius 2 is 2.21 bits per heavy atom. The maximum atomic E-state index is 12.6. The number of likely N-dealkylation sites (tertiary alicyclic amines) is 1. The highest BCUT2D eigenvalue weighted by atomic mass is 16.2. The van der Waals surface area contributed by atoms with Gasteiger partial charge in [-0.1, -0.05) is 6.92 Å². The summed E-state index contributed by atoms with van der Waals surface area (Å²) in [6, 6.07) is 6.45. The number of hydrogen-bond acceptors (Lipinski definition) is 2. The number of anilines is 1. The molecule has 3 rings (SSSR count). The van der Waals surface area contributed by atoms with Gasteiger partial charge in [-0.05, 0) is 55.9 Å². The Bertz CT molecular complexity index is 498. The van der Waals surface area contributed by atoms with Crippen LogP contribution in [0.2, 0.25) is 0 Å². The number of fused-ring (bicyclic) bond motifs is 1. The molecule has 2 heterocycles. The third-order valence-electron chi connectivity index (χ3n) is 4.46. The number of benzene rings is 1. The number of nitrogens with zero attached hydrogens (tertiary/aromatic N) is 1. The van der Waals surface area contributed by atoms with Crippen LogP contribution < -0.4 is 5.32 Å². The summed E-state index contributed by atoms with van der Waals surface area (Å²) in [6.07, 6.45) is 3.28. The number of rotatable bonds is 1. The van der Waals surface area contributed by atoms with Crippen LogP contribution in [0.15, 0.2) is 18.2 Å². The molecule has 0 radical (unpaired) electrons. The summed E-state index contributed by atoms with van der Waals surface area (Å²) in [5.41, 5.74) is 3.32. The van der Waals surface area contributed by atoms with Crippen molar-refractivity contribution in [1.82, 2.24) is 4.90 Å². The molecule has 2 atom stereocenters. The van der Waals surface area contributed by atoms with Crippen molar-refractivity contribution < 1.29 is 4.79 Å². The summed E-state index contributed by atoms with van der Waals surface area (Å²) in [4.78, 5) is 14.7. The third-order valence-corrected chi connectivity index (χ3v) is 4.46. The Morgan fingerprint density at radius 3 is 3.00 bits per heavy atom. The van der Waals surface area contributed by atoms with Crippen molar-refractivity contribution in [1.29, 1.82) is 0 Å². The highest BCUT2D eigenvalue weighted by Gasteiger charge is 2.27. The number of hydrogen-bond donors (Lipinski definition) is 1. The van der Waals surface area contributed by atoms with Crippen LogP contribution in [0, 0.1) is 5.92 Å². The van der Waals surface area contributed by atoms with Crippen LogP contribution in [0.4, 0.5) is 5.69 Å². The smallest absolute Gasteiger partial charge is 0.254 e. The maximum absolute atomic E-state index is 12.6. The number of carbonyl (C=O) groups excluding carboxylic acids is 1. The Hall–Kier alpha value is -1.51. The summed E-state index contributed by atoms with van der Waals surface area (Å²) in [6.45, 7) is 6.34. The minimum absolute atomic E-state index is 0.203. The Labute approximate surface area is 115 Å². The second-order valence-electron chi connectivity index (χ2n) is 6.03. The molecule has 3 heteroatoms. The summed E-state index contributed by atoms with van der Waals surface area (Å²) >= 11 is 0. The molecule has 2 aliphatic heterocycles. The van der Waals surface area contributed by atoms with Crippen molar-refractivity contribution >= 4 is 11.6 Å². The van der Waals surface area contributed by atoms with E-state index in [0.29, 0.717) is 6.04 Å². The number of nitrogens with one attached hydrogen (secondary N) is 1. The zero-order valence-corrected chi connectivity index (χ0v) is 11.8. The van der Waals surface area contributed by atoms with Gasteiger partial charge in [-0.2, -0.15) is 0 Å². The van der Waals surface area contributed by atoms with Gasteiger partial charge < -0.3 is 10.2 Å². The average Bonchev–Trinajstić information content (AvgIpc) is 2.85. The van der Waals surface area contributed by atoms with Gasteiger partial charge in [0.15, 0.2) is 0 Å². The van der Waals surface area contributed by atoms with Gasteiger partial charge in [0.05, 0.1) is 0 Å². The van der Waals surface area contributed by atoms with Crippen LogP contribution in [0.1, 0.15) is 42.6 Å². The fourth-order valence-electron chi connectivity index (χ4n) is 3.31. The van der Waals surface area contributed by atoms with Crippen molar-refractivity contribution in [2.75, 3.05) is 18.4 Å². The monoisotopic (exact) mass is 258 g/mol. The van der Waals surface area contributed by atoms with Crippen molar-refractivity contribution in [2.24, 2.45) is 5.92 Å². The van der Waals surface area contributed by atoms with E-state index in [1.165, 1.54) is 11.3 Å². The molecule has 2 aliphatic rings. The molecule has 0 aliphatic carbocycles. The molecule has 1 aromatic rings. The van der Waals surface area contributed by atoms with Crippen molar-refractivity contribution in [3.8, 4) is 0 Å². The number of amides is 1. The van der Waals surface area contributed by atoms with Crippen LogP contribution in [0.5, 0.6) is 0 Å². The molecule has 0 aromatic heterocycles. The Morgan fingerprint density at radius 1 is 1.37 bits per heavy atom. The van der Waals surface area contributed by atoms with Gasteiger partial charge in [0.25, 0.3) is 5.91 Å². The first-order chi connectivity index (χ1) is 9.15. The van der Waals surface area contributed by atoms with Gasteiger partial charge in [-0.15, -0.1) is 0 Å². The van der Waals surface area contributed by atoms with E-state index in [4.69, 9.17) is 0 Å². The molecular formula is C16H22N2O. The van der Waals surface area contributed by atoms with Crippen molar-refractivity contribution in [2.45, 2.75) is 39.2 Å². The molecule has 19 heavy (non-hydrogen) atoms. The fourth-order valence-corrected chi connectivity index (χ4v) is 3.31. The highest BCUT2D eigenvalue weighted by molar-refractivity contribution is 5.95. The zero-order valence-electron chi connectivity index (χ0n) is 11.8. The molecule has 3 nitrogen and oxygen atoms in total. The molecular weight excluding hydrogens is 236 g/mol. The second-order valence-corrected chi connectivity index (χ2v) is 6.03. The van der Waals surface area contributed by atoms with Gasteiger partial charge >= 0.3 is 0 Å². The van der Waals surface area contributed by atoms with E-state index in [1.807, 2.05) is 17.0 Å². The molecule has 0 saturated carbocycles. The van der Waals surface area contributed by atoms with Crippen LogP contribution in [0.25, 0.3) is 0 Å². The third kappa shape index (κ3) is 2.34. The average molecular weight is 258 g/mol. The van der Waals surface area contributed by atoms with Crippen LogP contribution in [0.3, 0.4) is 0 Å². The quantitative estimate of drug-likeness (QED) is 0.840. The standard InChI is InChI=1S/C16H22N2O/c1-11-6-8-18(12(2)9-11)16(19)14-3-4-15-13(10-14)5-7-17-15/h3-4,10-12,17H,5-9H2,1-2H3. The summed E-state index contributed by atoms with van der Waals surface area (Å²) < 4.78 is 0. The lowest BCUT2D eigenvalue weighted by Crippen LogP contribution is -2.44. The zero-order chi connectivity index (χ0) is 13.4. The van der Waals surface area contributed by atoms with Crippen LogP contribution in [-0.2, 0) is 6.42 Å². The summed E-state index contributed by atoms with van der Waals surface area (Å²) in [5.74, 6) is 0.942. The molecule has 2 unspecified atom stereocenters. The minimum atomic E-state index is 0.203. The molecule has 102 valence electrons. The lowest BCUT2D eigenvalue weighted by Gasteiger charge is -2.36. The summed E-state index contributed by atoms with van der Waals surface area (Å²) in [7, 11) is 0. The van der Waals surface area contributed by atoms with E-state index in [-0.39, 0.29) is 5.91 Å². The lowest BCUT2D eigenvalue weighted by molar-refractivity contribution is 0.0588. The van der Waals surface area contributed by atoms with E-state index in [9.17, 15) is 4.79 Å². The van der Waals surface area contributed by atoms with Crippen molar-refractivity contribution in [3.05, 3.63) is 29.3 Å². The maximum Gasteiger partial charge on any atom is 0.254 e. The summed E-state index contributed by atoms with van der Waals surface area (Å²) in [5, 5.41) is 3.34. The van der Waals surface area contributed by atoms with E-state index in [0.717, 1.165) is 43.8 Å². The molecule has 1 saturated heterocycles.